The number of hydrogen-bond donors (Lipinski definition) is 4. The average molecular weight is 264 g/mol. The SMILES string of the molecule is CC(CCCC#N)NC[C@H](O)c1ccc(O)c(O)c1. The lowest BCUT2D eigenvalue weighted by molar-refractivity contribution is 0.169. The molecule has 19 heavy (non-hydrogen) atoms. The Morgan fingerprint density at radius 1 is 1.32 bits per heavy atom. The first kappa shape index (κ1) is 15.3. The minimum atomic E-state index is -0.745. The number of rotatable bonds is 7. The maximum absolute atomic E-state index is 9.95. The van der Waals surface area contributed by atoms with E-state index in [0.717, 1.165) is 12.8 Å². The molecule has 1 unspecified atom stereocenters. The van der Waals surface area contributed by atoms with Crippen LogP contribution < -0.4 is 5.32 Å². The van der Waals surface area contributed by atoms with Crippen LogP contribution in [0.4, 0.5) is 0 Å². The average Bonchev–Trinajstić information content (AvgIpc) is 2.39. The standard InChI is InChI=1S/C14H20N2O3/c1-10(4-2-3-7-15)16-9-14(19)11-5-6-12(17)13(18)8-11/h5-6,8,10,14,16-19H,2-4,9H2,1H3/t10?,14-/m0/s1. The molecule has 0 aliphatic heterocycles. The molecule has 1 aromatic carbocycles. The van der Waals surface area contributed by atoms with E-state index in [0.29, 0.717) is 18.5 Å². The first-order chi connectivity index (χ1) is 9.04. The maximum Gasteiger partial charge on any atom is 0.157 e. The second kappa shape index (κ2) is 7.62. The fraction of sp³-hybridized carbons (Fsp3) is 0.500. The lowest BCUT2D eigenvalue weighted by atomic mass is 10.1. The number of nitrogens with one attached hydrogen (secondary N) is 1. The van der Waals surface area contributed by atoms with Crippen LogP contribution in [0.2, 0.25) is 0 Å². The van der Waals surface area contributed by atoms with Crippen LogP contribution in [-0.2, 0) is 0 Å². The van der Waals surface area contributed by atoms with Gasteiger partial charge in [-0.05, 0) is 37.5 Å². The van der Waals surface area contributed by atoms with Crippen molar-refractivity contribution in [1.29, 1.82) is 5.26 Å². The molecule has 0 saturated carbocycles. The monoisotopic (exact) mass is 264 g/mol. The minimum Gasteiger partial charge on any atom is -0.504 e. The highest BCUT2D eigenvalue weighted by Gasteiger charge is 2.11. The van der Waals surface area contributed by atoms with Crippen LogP contribution in [0, 0.1) is 11.3 Å². The Balaban J connectivity index is 2.40. The largest absolute Gasteiger partial charge is 0.504 e. The zero-order valence-electron chi connectivity index (χ0n) is 11.0. The summed E-state index contributed by atoms with van der Waals surface area (Å²) < 4.78 is 0. The fourth-order valence-electron chi connectivity index (χ4n) is 1.77. The molecule has 104 valence electrons. The van der Waals surface area contributed by atoms with E-state index in [4.69, 9.17) is 5.26 Å². The van der Waals surface area contributed by atoms with Crippen molar-refractivity contribution >= 4 is 0 Å². The molecule has 0 aliphatic carbocycles. The number of nitriles is 1. The first-order valence-electron chi connectivity index (χ1n) is 6.35. The van der Waals surface area contributed by atoms with Crippen LogP contribution in [-0.4, -0.2) is 27.9 Å². The van der Waals surface area contributed by atoms with Gasteiger partial charge in [-0.1, -0.05) is 6.07 Å². The van der Waals surface area contributed by atoms with Crippen molar-refractivity contribution in [2.75, 3.05) is 6.54 Å². The predicted molar refractivity (Wildman–Crippen MR) is 71.7 cm³/mol. The van der Waals surface area contributed by atoms with Gasteiger partial charge in [0.15, 0.2) is 11.5 Å². The summed E-state index contributed by atoms with van der Waals surface area (Å²) in [5.41, 5.74) is 0.548. The number of aromatic hydroxyl groups is 2. The number of phenolic OH excluding ortho intramolecular Hbond substituents is 2. The Bertz CT molecular complexity index is 443. The van der Waals surface area contributed by atoms with E-state index in [-0.39, 0.29) is 17.5 Å². The molecule has 0 aromatic heterocycles. The molecule has 0 bridgehead atoms. The molecular formula is C14H20N2O3. The van der Waals surface area contributed by atoms with Gasteiger partial charge in [0.1, 0.15) is 0 Å². The Labute approximate surface area is 113 Å². The molecule has 0 aliphatic rings. The second-order valence-electron chi connectivity index (χ2n) is 4.62. The predicted octanol–water partition coefficient (Wildman–Crippen LogP) is 1.80. The fourth-order valence-corrected chi connectivity index (χ4v) is 1.77. The molecule has 0 saturated heterocycles. The van der Waals surface area contributed by atoms with Crippen molar-refractivity contribution in [2.24, 2.45) is 0 Å². The van der Waals surface area contributed by atoms with Gasteiger partial charge in [-0.3, -0.25) is 0 Å². The molecule has 1 rings (SSSR count). The molecule has 0 heterocycles. The van der Waals surface area contributed by atoms with E-state index in [2.05, 4.69) is 11.4 Å². The molecule has 0 amide bonds. The van der Waals surface area contributed by atoms with Crippen LogP contribution in [0.25, 0.3) is 0 Å². The van der Waals surface area contributed by atoms with Crippen LogP contribution in [0.5, 0.6) is 11.5 Å². The van der Waals surface area contributed by atoms with Crippen LogP contribution in [0.1, 0.15) is 37.9 Å². The van der Waals surface area contributed by atoms with Crippen LogP contribution in [0.15, 0.2) is 18.2 Å². The highest BCUT2D eigenvalue weighted by Crippen LogP contribution is 2.27. The van der Waals surface area contributed by atoms with E-state index in [9.17, 15) is 15.3 Å². The summed E-state index contributed by atoms with van der Waals surface area (Å²) in [6.07, 6.45) is 1.51. The number of unbranched alkanes of at least 4 members (excludes halogenated alkanes) is 1. The summed E-state index contributed by atoms with van der Waals surface area (Å²) in [6.45, 7) is 2.36. The number of aliphatic hydroxyl groups excluding tert-OH is 1. The summed E-state index contributed by atoms with van der Waals surface area (Å²) in [7, 11) is 0. The normalized spacial score (nSPS) is 13.7. The molecule has 5 heteroatoms. The summed E-state index contributed by atoms with van der Waals surface area (Å²) in [4.78, 5) is 0. The Morgan fingerprint density at radius 3 is 2.68 bits per heavy atom. The van der Waals surface area contributed by atoms with Gasteiger partial charge in [-0.25, -0.2) is 0 Å². The van der Waals surface area contributed by atoms with Gasteiger partial charge in [-0.15, -0.1) is 0 Å². The van der Waals surface area contributed by atoms with Gasteiger partial charge >= 0.3 is 0 Å². The summed E-state index contributed by atoms with van der Waals surface area (Å²) in [5, 5.41) is 40.1. The van der Waals surface area contributed by atoms with Crippen molar-refractivity contribution < 1.29 is 15.3 Å². The topological polar surface area (TPSA) is 96.5 Å². The lowest BCUT2D eigenvalue weighted by Crippen LogP contribution is -2.30. The zero-order chi connectivity index (χ0) is 14.3. The molecular weight excluding hydrogens is 244 g/mol. The van der Waals surface area contributed by atoms with Gasteiger partial charge < -0.3 is 20.6 Å². The van der Waals surface area contributed by atoms with Gasteiger partial charge in [0, 0.05) is 19.0 Å². The molecule has 1 aromatic rings. The second-order valence-corrected chi connectivity index (χ2v) is 4.62. The number of phenols is 2. The third kappa shape index (κ3) is 5.16. The quantitative estimate of drug-likeness (QED) is 0.445. The van der Waals surface area contributed by atoms with Crippen molar-refractivity contribution in [3.63, 3.8) is 0 Å². The maximum atomic E-state index is 9.95. The van der Waals surface area contributed by atoms with E-state index < -0.39 is 6.10 Å². The number of benzene rings is 1. The zero-order valence-corrected chi connectivity index (χ0v) is 11.0. The van der Waals surface area contributed by atoms with Crippen molar-refractivity contribution in [2.45, 2.75) is 38.3 Å². The van der Waals surface area contributed by atoms with Crippen LogP contribution >= 0.6 is 0 Å². The summed E-state index contributed by atoms with van der Waals surface area (Å²) in [5.74, 6) is -0.438. The number of nitrogens with zero attached hydrogens (tertiary/aromatic N) is 1. The molecule has 0 radical (unpaired) electrons. The van der Waals surface area contributed by atoms with Gasteiger partial charge in [0.25, 0.3) is 0 Å². The third-order valence-corrected chi connectivity index (χ3v) is 2.97. The Hall–Kier alpha value is -1.77. The van der Waals surface area contributed by atoms with Gasteiger partial charge in [0.05, 0.1) is 12.2 Å². The molecule has 0 spiro atoms. The molecule has 0 fully saturated rings. The first-order valence-corrected chi connectivity index (χ1v) is 6.35. The highest BCUT2D eigenvalue weighted by atomic mass is 16.3. The Kier molecular flexibility index (Phi) is 6.13. The van der Waals surface area contributed by atoms with E-state index >= 15 is 0 Å². The highest BCUT2D eigenvalue weighted by molar-refractivity contribution is 5.41. The lowest BCUT2D eigenvalue weighted by Gasteiger charge is -2.17. The number of hydrogen-bond acceptors (Lipinski definition) is 5. The molecule has 4 N–H and O–H groups in total. The van der Waals surface area contributed by atoms with Crippen molar-refractivity contribution in [3.05, 3.63) is 23.8 Å². The van der Waals surface area contributed by atoms with Crippen molar-refractivity contribution in [3.8, 4) is 17.6 Å². The van der Waals surface area contributed by atoms with Gasteiger partial charge in [0.2, 0.25) is 0 Å². The van der Waals surface area contributed by atoms with E-state index in [1.54, 1.807) is 6.07 Å². The van der Waals surface area contributed by atoms with E-state index in [1.165, 1.54) is 12.1 Å². The summed E-state index contributed by atoms with van der Waals surface area (Å²) >= 11 is 0. The smallest absolute Gasteiger partial charge is 0.157 e. The molecule has 5 nitrogen and oxygen atoms in total. The summed E-state index contributed by atoms with van der Waals surface area (Å²) in [6, 6.07) is 6.58. The third-order valence-electron chi connectivity index (χ3n) is 2.97. The number of aliphatic hydroxyl groups is 1. The Morgan fingerprint density at radius 2 is 2.05 bits per heavy atom. The molecule has 2 atom stereocenters. The van der Waals surface area contributed by atoms with Gasteiger partial charge in [-0.2, -0.15) is 5.26 Å². The van der Waals surface area contributed by atoms with Crippen molar-refractivity contribution in [1.82, 2.24) is 5.32 Å². The van der Waals surface area contributed by atoms with Crippen LogP contribution in [0.3, 0.4) is 0 Å². The van der Waals surface area contributed by atoms with E-state index in [1.807, 2.05) is 6.92 Å². The minimum absolute atomic E-state index is 0.200.